The zero-order valence-corrected chi connectivity index (χ0v) is 16.7. The minimum atomic E-state index is -0.305. The van der Waals surface area contributed by atoms with Crippen LogP contribution in [0.2, 0.25) is 0 Å². The molecule has 1 aliphatic heterocycles. The van der Waals surface area contributed by atoms with E-state index in [4.69, 9.17) is 9.47 Å². The minimum Gasteiger partial charge on any atom is -0.493 e. The molecule has 152 valence electrons. The van der Waals surface area contributed by atoms with E-state index in [2.05, 4.69) is 20.4 Å². The average Bonchev–Trinajstić information content (AvgIpc) is 3.25. The van der Waals surface area contributed by atoms with Crippen LogP contribution in [0.3, 0.4) is 0 Å². The van der Waals surface area contributed by atoms with Gasteiger partial charge >= 0.3 is 0 Å². The monoisotopic (exact) mass is 403 g/mol. The number of nitrogens with zero attached hydrogens (tertiary/aromatic N) is 4. The second kappa shape index (κ2) is 7.29. The molecular weight excluding hydrogens is 382 g/mol. The third-order valence-electron chi connectivity index (χ3n) is 5.76. The van der Waals surface area contributed by atoms with Crippen molar-refractivity contribution >= 4 is 11.7 Å². The van der Waals surface area contributed by atoms with Crippen LogP contribution in [0.25, 0.3) is 0 Å². The molecule has 0 bridgehead atoms. The van der Waals surface area contributed by atoms with Crippen LogP contribution in [0.5, 0.6) is 11.5 Å². The maximum Gasteiger partial charge on any atom is 0.226 e. The zero-order chi connectivity index (χ0) is 20.7. The molecule has 0 fully saturated rings. The van der Waals surface area contributed by atoms with Gasteiger partial charge in [-0.2, -0.15) is 10.1 Å². The molecule has 8 heteroatoms. The Labute approximate surface area is 173 Å². The highest BCUT2D eigenvalue weighted by Crippen LogP contribution is 2.44. The van der Waals surface area contributed by atoms with Crippen molar-refractivity contribution in [2.45, 2.75) is 24.8 Å². The van der Waals surface area contributed by atoms with Gasteiger partial charge in [0.2, 0.25) is 5.95 Å². The highest BCUT2D eigenvalue weighted by Gasteiger charge is 2.39. The minimum absolute atomic E-state index is 0.0381. The number of pyridine rings is 1. The Morgan fingerprint density at radius 1 is 1.03 bits per heavy atom. The van der Waals surface area contributed by atoms with Gasteiger partial charge in [-0.05, 0) is 47.7 Å². The van der Waals surface area contributed by atoms with E-state index in [1.165, 1.54) is 6.33 Å². The van der Waals surface area contributed by atoms with Crippen LogP contribution < -0.4 is 14.8 Å². The fraction of sp³-hybridized carbons (Fsp3) is 0.273. The molecule has 2 aromatic heterocycles. The van der Waals surface area contributed by atoms with Gasteiger partial charge in [0.05, 0.1) is 14.2 Å². The van der Waals surface area contributed by atoms with Crippen molar-refractivity contribution < 1.29 is 14.3 Å². The van der Waals surface area contributed by atoms with Crippen LogP contribution in [-0.4, -0.2) is 39.8 Å². The van der Waals surface area contributed by atoms with Gasteiger partial charge in [0.1, 0.15) is 12.4 Å². The number of hydrogen-bond donors (Lipinski definition) is 1. The maximum atomic E-state index is 13.4. The Morgan fingerprint density at radius 3 is 2.60 bits per heavy atom. The lowest BCUT2D eigenvalue weighted by molar-refractivity contribution is -0.116. The average molecular weight is 403 g/mol. The molecule has 3 aromatic rings. The SMILES string of the molecule is COc1ccc(C2CC(=O)C3=C(C2)Nc2ncnn2C3c2ccncc2)cc1OC. The lowest BCUT2D eigenvalue weighted by Gasteiger charge is -2.35. The maximum absolute atomic E-state index is 13.4. The molecule has 2 aliphatic rings. The Bertz CT molecular complexity index is 1140. The topological polar surface area (TPSA) is 91.2 Å². The first-order chi connectivity index (χ1) is 14.7. The lowest BCUT2D eigenvalue weighted by Crippen LogP contribution is -2.33. The van der Waals surface area contributed by atoms with Gasteiger partial charge in [0.25, 0.3) is 0 Å². The van der Waals surface area contributed by atoms with E-state index in [1.54, 1.807) is 31.3 Å². The Kier molecular flexibility index (Phi) is 4.46. The van der Waals surface area contributed by atoms with E-state index in [-0.39, 0.29) is 17.7 Å². The third kappa shape index (κ3) is 2.92. The van der Waals surface area contributed by atoms with Gasteiger partial charge in [0, 0.05) is 30.1 Å². The summed E-state index contributed by atoms with van der Waals surface area (Å²) < 4.78 is 12.6. The van der Waals surface area contributed by atoms with Crippen molar-refractivity contribution in [3.63, 3.8) is 0 Å². The number of hydrogen-bond acceptors (Lipinski definition) is 7. The Morgan fingerprint density at radius 2 is 1.83 bits per heavy atom. The summed E-state index contributed by atoms with van der Waals surface area (Å²) in [5.41, 5.74) is 3.65. The quantitative estimate of drug-likeness (QED) is 0.716. The number of rotatable bonds is 4. The standard InChI is InChI=1S/C22H21N5O3/c1-29-18-4-3-14(11-19(18)30-2)15-9-16-20(17(28)10-15)21(13-5-7-23-8-6-13)27-22(26-16)24-12-25-27/h3-8,11-12,15,21H,9-10H2,1-2H3,(H,24,25,26). The second-order valence-corrected chi connectivity index (χ2v) is 7.37. The molecule has 1 aromatic carbocycles. The normalized spacial score (nSPS) is 20.3. The molecule has 2 unspecified atom stereocenters. The molecule has 0 spiro atoms. The number of benzene rings is 1. The summed E-state index contributed by atoms with van der Waals surface area (Å²) in [6, 6.07) is 9.36. The number of anilines is 1. The fourth-order valence-corrected chi connectivity index (χ4v) is 4.35. The van der Waals surface area contributed by atoms with Crippen LogP contribution >= 0.6 is 0 Å². The summed E-state index contributed by atoms with van der Waals surface area (Å²) in [5, 5.41) is 7.70. The fourth-order valence-electron chi connectivity index (χ4n) is 4.35. The van der Waals surface area contributed by atoms with Gasteiger partial charge in [-0.1, -0.05) is 6.07 Å². The van der Waals surface area contributed by atoms with Gasteiger partial charge in [-0.3, -0.25) is 9.78 Å². The molecule has 1 N–H and O–H groups in total. The van der Waals surface area contributed by atoms with Gasteiger partial charge < -0.3 is 14.8 Å². The first-order valence-electron chi connectivity index (χ1n) is 9.74. The smallest absolute Gasteiger partial charge is 0.226 e. The number of aromatic nitrogens is 4. The van der Waals surface area contributed by atoms with Gasteiger partial charge in [0.15, 0.2) is 17.3 Å². The molecule has 1 aliphatic carbocycles. The predicted octanol–water partition coefficient (Wildman–Crippen LogP) is 3.11. The third-order valence-corrected chi connectivity index (χ3v) is 5.76. The van der Waals surface area contributed by atoms with Gasteiger partial charge in [-0.25, -0.2) is 4.68 Å². The summed E-state index contributed by atoms with van der Waals surface area (Å²) in [5.74, 6) is 2.11. The summed E-state index contributed by atoms with van der Waals surface area (Å²) >= 11 is 0. The van der Waals surface area contributed by atoms with Crippen LogP contribution in [0.4, 0.5) is 5.95 Å². The van der Waals surface area contributed by atoms with Crippen LogP contribution in [-0.2, 0) is 4.79 Å². The number of nitrogens with one attached hydrogen (secondary N) is 1. The molecule has 2 atom stereocenters. The summed E-state index contributed by atoms with van der Waals surface area (Å²) in [7, 11) is 3.23. The highest BCUT2D eigenvalue weighted by molar-refractivity contribution is 6.00. The molecule has 30 heavy (non-hydrogen) atoms. The van der Waals surface area contributed by atoms with E-state index in [1.807, 2.05) is 30.3 Å². The number of methoxy groups -OCH3 is 2. The number of ether oxygens (including phenoxy) is 2. The molecule has 3 heterocycles. The first-order valence-corrected chi connectivity index (χ1v) is 9.74. The number of Topliss-reactive ketones (excluding diaryl/α,β-unsaturated/α-hetero) is 1. The molecule has 5 rings (SSSR count). The van der Waals surface area contributed by atoms with E-state index in [0.717, 1.165) is 22.4 Å². The zero-order valence-electron chi connectivity index (χ0n) is 16.7. The van der Waals surface area contributed by atoms with Crippen molar-refractivity contribution in [3.05, 3.63) is 71.4 Å². The van der Waals surface area contributed by atoms with E-state index < -0.39 is 0 Å². The number of allylic oxidation sites excluding steroid dienone is 2. The van der Waals surface area contributed by atoms with Crippen molar-refractivity contribution in [1.82, 2.24) is 19.7 Å². The summed E-state index contributed by atoms with van der Waals surface area (Å²) in [4.78, 5) is 21.8. The van der Waals surface area contributed by atoms with Crippen molar-refractivity contribution in [1.29, 1.82) is 0 Å². The highest BCUT2D eigenvalue weighted by atomic mass is 16.5. The van der Waals surface area contributed by atoms with Crippen molar-refractivity contribution in [2.24, 2.45) is 0 Å². The number of fused-ring (bicyclic) bond motifs is 1. The Balaban J connectivity index is 1.55. The van der Waals surface area contributed by atoms with E-state index in [0.29, 0.717) is 30.3 Å². The van der Waals surface area contributed by atoms with Crippen LogP contribution in [0, 0.1) is 0 Å². The van der Waals surface area contributed by atoms with Gasteiger partial charge in [-0.15, -0.1) is 0 Å². The molecule has 0 radical (unpaired) electrons. The van der Waals surface area contributed by atoms with E-state index >= 15 is 0 Å². The summed E-state index contributed by atoms with van der Waals surface area (Å²) in [6.45, 7) is 0. The molecule has 0 saturated heterocycles. The molecule has 8 nitrogen and oxygen atoms in total. The van der Waals surface area contributed by atoms with Crippen LogP contribution in [0.1, 0.15) is 35.9 Å². The Hall–Kier alpha value is -3.68. The predicted molar refractivity (Wildman–Crippen MR) is 110 cm³/mol. The second-order valence-electron chi connectivity index (χ2n) is 7.37. The largest absolute Gasteiger partial charge is 0.493 e. The van der Waals surface area contributed by atoms with Crippen LogP contribution in [0.15, 0.2) is 60.3 Å². The van der Waals surface area contributed by atoms with Crippen molar-refractivity contribution in [2.75, 3.05) is 19.5 Å². The number of carbonyl (C=O) groups excluding carboxylic acids is 1. The van der Waals surface area contributed by atoms with Crippen molar-refractivity contribution in [3.8, 4) is 11.5 Å². The molecule has 0 amide bonds. The lowest BCUT2D eigenvalue weighted by atomic mass is 9.78. The molecule has 0 saturated carbocycles. The first kappa shape index (κ1) is 18.4. The molecular formula is C22H21N5O3. The van der Waals surface area contributed by atoms with E-state index in [9.17, 15) is 4.79 Å². The number of ketones is 1. The number of carbonyl (C=O) groups is 1. The summed E-state index contributed by atoms with van der Waals surface area (Å²) in [6.07, 6.45) is 6.08.